The van der Waals surface area contributed by atoms with Crippen LogP contribution in [0, 0.1) is 19.1 Å². The van der Waals surface area contributed by atoms with Crippen molar-refractivity contribution in [2.24, 2.45) is 0 Å². The number of hydrogen-bond acceptors (Lipinski definition) is 1. The molecule has 1 nitrogen and oxygen atoms in total. The van der Waals surface area contributed by atoms with Crippen LogP contribution >= 0.6 is 9.90 Å². The summed E-state index contributed by atoms with van der Waals surface area (Å²) >= 11 is 0. The van der Waals surface area contributed by atoms with Crippen LogP contribution in [0.3, 0.4) is 0 Å². The number of hydrogen-bond donors (Lipinski definition) is 0. The molecule has 0 heterocycles. The molecule has 2 aromatic rings. The van der Waals surface area contributed by atoms with Crippen molar-refractivity contribution in [3.8, 4) is 0 Å². The van der Waals surface area contributed by atoms with Gasteiger partial charge in [-0.15, -0.1) is 6.54 Å². The average molecular weight is 391 g/mol. The molecule has 0 saturated heterocycles. The Kier molecular flexibility index (Phi) is 26.3. The van der Waals surface area contributed by atoms with Crippen molar-refractivity contribution in [3.05, 3.63) is 79.7 Å². The van der Waals surface area contributed by atoms with E-state index in [-0.39, 0.29) is 29.4 Å². The van der Waals surface area contributed by atoms with Gasteiger partial charge in [0.2, 0.25) is 0 Å². The maximum absolute atomic E-state index is 3.75. The maximum atomic E-state index is 3.75. The Bertz CT molecular complexity index is 262. The minimum Gasteiger partial charge on any atom is -0.333 e. The second-order valence-corrected chi connectivity index (χ2v) is 3.68. The summed E-state index contributed by atoms with van der Waals surface area (Å²) in [6.07, 6.45) is 0. The van der Waals surface area contributed by atoms with E-state index in [1.165, 1.54) is 0 Å². The van der Waals surface area contributed by atoms with Gasteiger partial charge in [0.15, 0.2) is 0 Å². The first-order valence-electron chi connectivity index (χ1n) is 6.68. The van der Waals surface area contributed by atoms with E-state index in [1.54, 1.807) is 0 Å². The van der Waals surface area contributed by atoms with Crippen LogP contribution in [0.1, 0.15) is 13.8 Å². The van der Waals surface area contributed by atoms with Crippen LogP contribution in [-0.4, -0.2) is 24.5 Å². The van der Waals surface area contributed by atoms with E-state index in [1.807, 2.05) is 60.7 Å². The Morgan fingerprint density at radius 3 is 1.14 bits per heavy atom. The van der Waals surface area contributed by atoms with Crippen molar-refractivity contribution in [1.29, 1.82) is 0 Å². The van der Waals surface area contributed by atoms with Crippen molar-refractivity contribution in [2.75, 3.05) is 19.6 Å². The van der Waals surface area contributed by atoms with Gasteiger partial charge in [-0.1, -0.05) is 13.8 Å². The van der Waals surface area contributed by atoms with Crippen molar-refractivity contribution in [3.63, 3.8) is 0 Å². The van der Waals surface area contributed by atoms with Gasteiger partial charge in [-0.05, 0) is 13.1 Å². The van der Waals surface area contributed by atoms with Gasteiger partial charge >= 0.3 is 19.5 Å². The van der Waals surface area contributed by atoms with Gasteiger partial charge in [0.1, 0.15) is 0 Å². The summed E-state index contributed by atoms with van der Waals surface area (Å²) in [4.78, 5) is 2.26. The predicted octanol–water partition coefficient (Wildman–Crippen LogP) is 4.19. The molecule has 0 aliphatic heterocycles. The van der Waals surface area contributed by atoms with Gasteiger partial charge in [0.25, 0.3) is 0 Å². The van der Waals surface area contributed by atoms with Gasteiger partial charge < -0.3 is 11.8 Å². The van der Waals surface area contributed by atoms with Crippen LogP contribution in [0.15, 0.2) is 60.7 Å². The zero-order chi connectivity index (χ0) is 14.2. The van der Waals surface area contributed by atoms with Crippen molar-refractivity contribution < 1.29 is 19.5 Å². The number of nitrogens with zero attached hydrogens (tertiary/aromatic N) is 1. The minimum atomic E-state index is 0. The van der Waals surface area contributed by atoms with Crippen LogP contribution < -0.4 is 0 Å². The van der Waals surface area contributed by atoms with E-state index in [2.05, 4.69) is 37.8 Å². The van der Waals surface area contributed by atoms with Crippen LogP contribution in [-0.2, 0) is 19.5 Å². The van der Waals surface area contributed by atoms with Gasteiger partial charge in [0.05, 0.1) is 0 Å². The topological polar surface area (TPSA) is 3.24 Å². The summed E-state index contributed by atoms with van der Waals surface area (Å²) in [6, 6.07) is 25.0. The van der Waals surface area contributed by atoms with Gasteiger partial charge in [-0.2, -0.15) is 82.7 Å². The van der Waals surface area contributed by atoms with Crippen molar-refractivity contribution in [1.82, 2.24) is 4.90 Å². The van der Waals surface area contributed by atoms with Gasteiger partial charge in [0, 0.05) is 0 Å². The monoisotopic (exact) mass is 391 g/mol. The fraction of sp³-hybridized carbons (Fsp3) is 0.278. The first-order valence-corrected chi connectivity index (χ1v) is 6.68. The molecule has 0 bridgehead atoms. The van der Waals surface area contributed by atoms with Crippen LogP contribution in [0.25, 0.3) is 0 Å². The van der Waals surface area contributed by atoms with Crippen LogP contribution in [0.5, 0.6) is 0 Å². The Morgan fingerprint density at radius 1 is 0.762 bits per heavy atom. The van der Waals surface area contributed by atoms with E-state index in [4.69, 9.17) is 0 Å². The molecule has 0 aromatic heterocycles. The fourth-order valence-corrected chi connectivity index (χ4v) is 1.22. The molecule has 0 radical (unpaired) electrons. The predicted molar refractivity (Wildman–Crippen MR) is 94.8 cm³/mol. The summed E-state index contributed by atoms with van der Waals surface area (Å²) < 4.78 is 0. The number of benzene rings is 2. The summed E-state index contributed by atoms with van der Waals surface area (Å²) in [6.45, 7) is 11.2. The van der Waals surface area contributed by atoms with E-state index >= 15 is 0 Å². The zero-order valence-electron chi connectivity index (χ0n) is 13.1. The Morgan fingerprint density at radius 2 is 1.10 bits per heavy atom. The van der Waals surface area contributed by atoms with Crippen molar-refractivity contribution in [2.45, 2.75) is 13.8 Å². The summed E-state index contributed by atoms with van der Waals surface area (Å²) in [5.74, 6) is 0. The molecule has 1 unspecified atom stereocenters. The molecule has 3 heteroatoms. The molecule has 0 N–H and O–H groups in total. The molecule has 2 rings (SSSR count). The smallest absolute Gasteiger partial charge is 0.333 e. The standard InChI is InChI=1S/C6H14N.2C6H5.H3P.Rh/c1-4-7(5-2)6-3;2*1-2-4-6-5-3-1;;/h1,4-6H2,2-3H3;2*1-5H;1H3;/q3*-1;;+3. The van der Waals surface area contributed by atoms with E-state index in [0.29, 0.717) is 0 Å². The summed E-state index contributed by atoms with van der Waals surface area (Å²) in [5.41, 5.74) is 0. The molecule has 21 heavy (non-hydrogen) atoms. The molecule has 0 spiro atoms. The van der Waals surface area contributed by atoms with Crippen LogP contribution in [0.2, 0.25) is 0 Å². The Hall–Kier alpha value is -0.547. The molecule has 0 saturated carbocycles. The summed E-state index contributed by atoms with van der Waals surface area (Å²) in [5, 5.41) is 0. The quantitative estimate of drug-likeness (QED) is 0.431. The second kappa shape index (κ2) is 21.7. The first kappa shape index (κ1) is 25.4. The zero-order valence-corrected chi connectivity index (χ0v) is 16.1. The third kappa shape index (κ3) is 19.5. The molecule has 2 aromatic carbocycles. The van der Waals surface area contributed by atoms with Crippen molar-refractivity contribution >= 4 is 9.90 Å². The largest absolute Gasteiger partial charge is 3.00 e. The maximum Gasteiger partial charge on any atom is 3.00 e. The van der Waals surface area contributed by atoms with E-state index in [9.17, 15) is 0 Å². The third-order valence-corrected chi connectivity index (χ3v) is 2.42. The molecule has 0 aliphatic rings. The second-order valence-electron chi connectivity index (χ2n) is 3.68. The first-order chi connectivity index (χ1) is 9.35. The molecular formula is C18H27NPRh. The normalized spacial score (nSPS) is 8.00. The minimum absolute atomic E-state index is 0. The molecule has 0 fully saturated rings. The average Bonchev–Trinajstić information content (AvgIpc) is 2.54. The van der Waals surface area contributed by atoms with Crippen LogP contribution in [0.4, 0.5) is 0 Å². The molecule has 0 amide bonds. The van der Waals surface area contributed by atoms with Gasteiger partial charge in [-0.25, -0.2) is 0 Å². The Labute approximate surface area is 147 Å². The SMILES string of the molecule is P.[CH2-]CN(CC)CC.[Rh+3].[c-]1ccccc1.[c-]1ccccc1. The van der Waals surface area contributed by atoms with E-state index < -0.39 is 0 Å². The molecule has 0 aliphatic carbocycles. The van der Waals surface area contributed by atoms with E-state index in [0.717, 1.165) is 19.6 Å². The fourth-order valence-electron chi connectivity index (χ4n) is 1.22. The molecule has 1 atom stereocenters. The third-order valence-electron chi connectivity index (χ3n) is 2.42. The Balaban J connectivity index is -0.000000221. The van der Waals surface area contributed by atoms with Gasteiger partial charge in [-0.3, -0.25) is 0 Å². The summed E-state index contributed by atoms with van der Waals surface area (Å²) in [7, 11) is 0. The molecule has 118 valence electrons. The molecular weight excluding hydrogens is 364 g/mol. The number of rotatable bonds is 3.